The van der Waals surface area contributed by atoms with E-state index >= 15 is 0 Å². The first-order chi connectivity index (χ1) is 13.0. The van der Waals surface area contributed by atoms with Crippen molar-refractivity contribution in [2.24, 2.45) is 5.92 Å². The van der Waals surface area contributed by atoms with E-state index in [9.17, 15) is 10.1 Å². The molecule has 1 aromatic carbocycles. The van der Waals surface area contributed by atoms with E-state index in [-0.39, 0.29) is 17.2 Å². The van der Waals surface area contributed by atoms with Gasteiger partial charge in [0.1, 0.15) is 17.4 Å². The van der Waals surface area contributed by atoms with E-state index in [0.717, 1.165) is 0 Å². The highest BCUT2D eigenvalue weighted by molar-refractivity contribution is 5.85. The maximum Gasteiger partial charge on any atom is 0.343 e. The lowest BCUT2D eigenvalue weighted by molar-refractivity contribution is 0.287. The fourth-order valence-corrected chi connectivity index (χ4v) is 3.21. The van der Waals surface area contributed by atoms with Crippen LogP contribution in [-0.4, -0.2) is 19.1 Å². The molecule has 0 amide bonds. The quantitative estimate of drug-likeness (QED) is 0.867. The monoisotopic (exact) mass is 368 g/mol. The highest BCUT2D eigenvalue weighted by Crippen LogP contribution is 2.42. The van der Waals surface area contributed by atoms with Gasteiger partial charge in [0.05, 0.1) is 24.8 Å². The van der Waals surface area contributed by atoms with Gasteiger partial charge in [0.25, 0.3) is 0 Å². The van der Waals surface area contributed by atoms with Crippen molar-refractivity contribution >= 4 is 5.90 Å². The zero-order chi connectivity index (χ0) is 19.6. The van der Waals surface area contributed by atoms with Crippen LogP contribution >= 0.6 is 0 Å². The molecule has 140 valence electrons. The smallest absolute Gasteiger partial charge is 0.343 e. The maximum absolute atomic E-state index is 12.5. The summed E-state index contributed by atoms with van der Waals surface area (Å²) in [5.41, 5.74) is 0.309. The van der Waals surface area contributed by atoms with Gasteiger partial charge >= 0.3 is 5.63 Å². The van der Waals surface area contributed by atoms with Crippen molar-refractivity contribution in [2.75, 3.05) is 13.2 Å². The summed E-state index contributed by atoms with van der Waals surface area (Å²) < 4.78 is 21.9. The second kappa shape index (κ2) is 7.54. The van der Waals surface area contributed by atoms with Crippen LogP contribution < -0.4 is 19.8 Å². The van der Waals surface area contributed by atoms with Gasteiger partial charge in [-0.1, -0.05) is 6.07 Å². The summed E-state index contributed by atoms with van der Waals surface area (Å²) in [7, 11) is 0. The van der Waals surface area contributed by atoms with Gasteiger partial charge in [-0.25, -0.2) is 4.79 Å². The van der Waals surface area contributed by atoms with Crippen LogP contribution in [-0.2, 0) is 0 Å². The standard InChI is InChI=1S/C20H20N2O5/c1-4-24-14-7-6-12(9-15(14)25-5-2)17-13(10-21)19(22)27-16-8-11(3)26-20(23)18(16)17/h6-9,13,17,22H,4-5H2,1-3H3. The summed E-state index contributed by atoms with van der Waals surface area (Å²) in [4.78, 5) is 12.5. The Bertz CT molecular complexity index is 973. The van der Waals surface area contributed by atoms with Gasteiger partial charge in [-0.3, -0.25) is 5.41 Å². The number of fused-ring (bicyclic) bond motifs is 1. The van der Waals surface area contributed by atoms with E-state index in [4.69, 9.17) is 24.0 Å². The minimum absolute atomic E-state index is 0.202. The van der Waals surface area contributed by atoms with E-state index in [1.54, 1.807) is 31.2 Å². The van der Waals surface area contributed by atoms with Crippen molar-refractivity contribution in [1.82, 2.24) is 0 Å². The molecule has 1 N–H and O–H groups in total. The zero-order valence-corrected chi connectivity index (χ0v) is 15.4. The number of benzene rings is 1. The van der Waals surface area contributed by atoms with Crippen LogP contribution in [0.2, 0.25) is 0 Å². The van der Waals surface area contributed by atoms with Crippen LogP contribution in [0.4, 0.5) is 0 Å². The van der Waals surface area contributed by atoms with Crippen molar-refractivity contribution in [3.8, 4) is 23.3 Å². The van der Waals surface area contributed by atoms with Crippen LogP contribution in [0, 0.1) is 29.6 Å². The Kier molecular flexibility index (Phi) is 5.17. The number of ether oxygens (including phenoxy) is 3. The van der Waals surface area contributed by atoms with Crippen LogP contribution in [0.25, 0.3) is 0 Å². The van der Waals surface area contributed by atoms with Crippen LogP contribution in [0.15, 0.2) is 33.5 Å². The molecule has 2 atom stereocenters. The minimum atomic E-state index is -0.949. The fraction of sp³-hybridized carbons (Fsp3) is 0.350. The van der Waals surface area contributed by atoms with Crippen LogP contribution in [0.1, 0.15) is 36.7 Å². The molecule has 2 heterocycles. The first-order valence-corrected chi connectivity index (χ1v) is 8.70. The van der Waals surface area contributed by atoms with E-state index in [1.165, 1.54) is 0 Å². The zero-order valence-electron chi connectivity index (χ0n) is 15.4. The van der Waals surface area contributed by atoms with E-state index in [1.807, 2.05) is 13.8 Å². The molecular weight excluding hydrogens is 348 g/mol. The number of rotatable bonds is 5. The Balaban J connectivity index is 2.20. The molecule has 0 bridgehead atoms. The Morgan fingerprint density at radius 2 is 1.89 bits per heavy atom. The van der Waals surface area contributed by atoms with Crippen molar-refractivity contribution in [3.63, 3.8) is 0 Å². The second-order valence-corrected chi connectivity index (χ2v) is 6.05. The molecule has 1 aromatic heterocycles. The number of nitrogens with zero attached hydrogens (tertiary/aromatic N) is 1. The molecule has 3 rings (SSSR count). The molecule has 7 heteroatoms. The van der Waals surface area contributed by atoms with Gasteiger partial charge in [-0.05, 0) is 38.5 Å². The number of aryl methyl sites for hydroxylation is 1. The third-order valence-corrected chi connectivity index (χ3v) is 4.29. The molecule has 0 spiro atoms. The molecule has 2 aromatic rings. The summed E-state index contributed by atoms with van der Waals surface area (Å²) in [6, 6.07) is 8.89. The van der Waals surface area contributed by atoms with E-state index in [0.29, 0.717) is 36.0 Å². The SMILES string of the molecule is CCOc1ccc(C2c3c(cc(C)oc3=O)OC(=N)C2C#N)cc1OCC. The molecular formula is C20H20N2O5. The lowest BCUT2D eigenvalue weighted by Crippen LogP contribution is -2.34. The minimum Gasteiger partial charge on any atom is -0.490 e. The summed E-state index contributed by atoms with van der Waals surface area (Å²) in [6.07, 6.45) is 0. The molecule has 27 heavy (non-hydrogen) atoms. The maximum atomic E-state index is 12.5. The lowest BCUT2D eigenvalue weighted by atomic mass is 9.79. The highest BCUT2D eigenvalue weighted by atomic mass is 16.5. The molecule has 0 fully saturated rings. The average molecular weight is 368 g/mol. The normalized spacial score (nSPS) is 18.2. The van der Waals surface area contributed by atoms with Crippen molar-refractivity contribution in [2.45, 2.75) is 26.7 Å². The third kappa shape index (κ3) is 3.38. The van der Waals surface area contributed by atoms with Crippen molar-refractivity contribution in [1.29, 1.82) is 10.7 Å². The molecule has 2 unspecified atom stereocenters. The van der Waals surface area contributed by atoms with Gasteiger partial charge in [0, 0.05) is 12.0 Å². The largest absolute Gasteiger partial charge is 0.490 e. The van der Waals surface area contributed by atoms with Gasteiger partial charge in [-0.15, -0.1) is 0 Å². The van der Waals surface area contributed by atoms with Crippen molar-refractivity contribution < 1.29 is 18.6 Å². The molecule has 1 aliphatic heterocycles. The molecule has 0 saturated heterocycles. The van der Waals surface area contributed by atoms with Crippen molar-refractivity contribution in [3.05, 3.63) is 51.6 Å². The number of hydrogen-bond donors (Lipinski definition) is 1. The summed E-state index contributed by atoms with van der Waals surface area (Å²) >= 11 is 0. The molecule has 0 radical (unpaired) electrons. The Morgan fingerprint density at radius 3 is 2.56 bits per heavy atom. The number of hydrogen-bond acceptors (Lipinski definition) is 7. The first kappa shape index (κ1) is 18.5. The molecule has 0 aliphatic carbocycles. The predicted octanol–water partition coefficient (Wildman–Crippen LogP) is 3.39. The summed E-state index contributed by atoms with van der Waals surface area (Å²) in [5, 5.41) is 17.7. The van der Waals surface area contributed by atoms with Gasteiger partial charge < -0.3 is 18.6 Å². The van der Waals surface area contributed by atoms with Crippen LogP contribution in [0.5, 0.6) is 17.2 Å². The van der Waals surface area contributed by atoms with E-state index in [2.05, 4.69) is 6.07 Å². The Hall–Kier alpha value is -3.27. The van der Waals surface area contributed by atoms with Gasteiger partial charge in [0.2, 0.25) is 5.90 Å². The predicted molar refractivity (Wildman–Crippen MR) is 97.8 cm³/mol. The molecule has 7 nitrogen and oxygen atoms in total. The summed E-state index contributed by atoms with van der Waals surface area (Å²) in [6.45, 7) is 6.28. The second-order valence-electron chi connectivity index (χ2n) is 6.05. The van der Waals surface area contributed by atoms with Gasteiger partial charge in [-0.2, -0.15) is 5.26 Å². The van der Waals surface area contributed by atoms with Crippen LogP contribution in [0.3, 0.4) is 0 Å². The first-order valence-electron chi connectivity index (χ1n) is 8.70. The summed E-state index contributed by atoms with van der Waals surface area (Å²) in [5.74, 6) is -0.126. The molecule has 1 aliphatic rings. The number of nitriles is 1. The fourth-order valence-electron chi connectivity index (χ4n) is 3.21. The third-order valence-electron chi connectivity index (χ3n) is 4.29. The average Bonchev–Trinajstić information content (AvgIpc) is 2.62. The number of nitrogens with one attached hydrogen (secondary N) is 1. The Labute approximate surface area is 156 Å². The highest BCUT2D eigenvalue weighted by Gasteiger charge is 2.40. The topological polar surface area (TPSA) is 106 Å². The molecule has 0 saturated carbocycles. The lowest BCUT2D eigenvalue weighted by Gasteiger charge is -2.29. The van der Waals surface area contributed by atoms with Gasteiger partial charge in [0.15, 0.2) is 11.5 Å². The van der Waals surface area contributed by atoms with E-state index < -0.39 is 17.5 Å². The Morgan fingerprint density at radius 1 is 1.19 bits per heavy atom.